The van der Waals surface area contributed by atoms with E-state index in [1.54, 1.807) is 54.1 Å². The van der Waals surface area contributed by atoms with Crippen molar-refractivity contribution < 1.29 is 14.3 Å². The summed E-state index contributed by atoms with van der Waals surface area (Å²) in [5, 5.41) is 0. The highest BCUT2D eigenvalue weighted by molar-refractivity contribution is 5.89. The number of hydrogen-bond acceptors (Lipinski definition) is 4. The smallest absolute Gasteiger partial charge is 0.338 e. The maximum Gasteiger partial charge on any atom is 0.338 e. The molecule has 0 bridgehead atoms. The second-order valence-electron chi connectivity index (χ2n) is 4.43. The lowest BCUT2D eigenvalue weighted by molar-refractivity contribution is 0.0526. The van der Waals surface area contributed by atoms with Crippen LogP contribution in [0.15, 0.2) is 47.4 Å². The van der Waals surface area contributed by atoms with Gasteiger partial charge >= 0.3 is 5.97 Å². The molecule has 1 aromatic heterocycles. The summed E-state index contributed by atoms with van der Waals surface area (Å²) >= 11 is 0. The Morgan fingerprint density at radius 2 is 1.90 bits per heavy atom. The fourth-order valence-corrected chi connectivity index (χ4v) is 1.95. The van der Waals surface area contributed by atoms with Crippen LogP contribution in [-0.4, -0.2) is 24.3 Å². The van der Waals surface area contributed by atoms with Gasteiger partial charge in [0, 0.05) is 6.20 Å². The molecule has 5 nitrogen and oxygen atoms in total. The number of benzene rings is 1. The number of carbonyl (C=O) groups excluding carboxylic acids is 1. The van der Waals surface area contributed by atoms with Crippen molar-refractivity contribution >= 4 is 5.97 Å². The summed E-state index contributed by atoms with van der Waals surface area (Å²) in [5.74, 6) is -0.0387. The van der Waals surface area contributed by atoms with E-state index in [4.69, 9.17) is 9.47 Å². The van der Waals surface area contributed by atoms with E-state index in [9.17, 15) is 9.59 Å². The van der Waals surface area contributed by atoms with Crippen molar-refractivity contribution in [3.8, 4) is 5.75 Å². The van der Waals surface area contributed by atoms with Crippen LogP contribution in [0.2, 0.25) is 0 Å². The Balaban J connectivity index is 2.18. The number of nitrogens with zero attached hydrogens (tertiary/aromatic N) is 1. The Labute approximate surface area is 122 Å². The van der Waals surface area contributed by atoms with Gasteiger partial charge in [-0.05, 0) is 36.8 Å². The number of aromatic nitrogens is 1. The van der Waals surface area contributed by atoms with E-state index in [1.807, 2.05) is 0 Å². The zero-order chi connectivity index (χ0) is 15.2. The summed E-state index contributed by atoms with van der Waals surface area (Å²) in [5.41, 5.74) is 1.23. The number of hydrogen-bond donors (Lipinski definition) is 0. The lowest BCUT2D eigenvalue weighted by Crippen LogP contribution is -2.21. The molecule has 21 heavy (non-hydrogen) atoms. The second-order valence-corrected chi connectivity index (χ2v) is 4.43. The molecule has 0 atom stereocenters. The summed E-state index contributed by atoms with van der Waals surface area (Å²) in [6.07, 6.45) is 1.70. The van der Waals surface area contributed by atoms with Crippen molar-refractivity contribution in [3.05, 3.63) is 64.1 Å². The highest BCUT2D eigenvalue weighted by atomic mass is 16.5. The lowest BCUT2D eigenvalue weighted by Gasteiger charge is -2.08. The van der Waals surface area contributed by atoms with E-state index in [0.29, 0.717) is 24.5 Å². The predicted octanol–water partition coefficient (Wildman–Crippen LogP) is 2.08. The number of esters is 1. The minimum atomic E-state index is -0.345. The SMILES string of the molecule is CCOC(=O)c1ccc(Cn2cccc(OC)c2=O)cc1. The standard InChI is InChI=1S/C16H17NO4/c1-3-21-16(19)13-8-6-12(7-9-13)11-17-10-4-5-14(20-2)15(17)18/h4-10H,3,11H2,1-2H3. The van der Waals surface area contributed by atoms with Crippen LogP contribution in [0.4, 0.5) is 0 Å². The van der Waals surface area contributed by atoms with Gasteiger partial charge in [-0.1, -0.05) is 12.1 Å². The first-order valence-corrected chi connectivity index (χ1v) is 6.65. The summed E-state index contributed by atoms with van der Waals surface area (Å²) < 4.78 is 11.5. The van der Waals surface area contributed by atoms with Crippen molar-refractivity contribution in [3.63, 3.8) is 0 Å². The van der Waals surface area contributed by atoms with Gasteiger partial charge in [0.05, 0.1) is 25.8 Å². The topological polar surface area (TPSA) is 57.5 Å². The van der Waals surface area contributed by atoms with E-state index < -0.39 is 0 Å². The molecule has 1 aromatic carbocycles. The van der Waals surface area contributed by atoms with Crippen LogP contribution < -0.4 is 10.3 Å². The zero-order valence-electron chi connectivity index (χ0n) is 12.0. The molecule has 2 aromatic rings. The number of methoxy groups -OCH3 is 1. The van der Waals surface area contributed by atoms with Gasteiger partial charge in [0.2, 0.25) is 0 Å². The van der Waals surface area contributed by atoms with Gasteiger partial charge in [0.15, 0.2) is 5.75 Å². The monoisotopic (exact) mass is 287 g/mol. The van der Waals surface area contributed by atoms with Gasteiger partial charge in [0.1, 0.15) is 0 Å². The highest BCUT2D eigenvalue weighted by Gasteiger charge is 2.07. The quantitative estimate of drug-likeness (QED) is 0.790. The van der Waals surface area contributed by atoms with Gasteiger partial charge in [-0.2, -0.15) is 0 Å². The molecule has 0 aliphatic carbocycles. The molecule has 0 amide bonds. The zero-order valence-corrected chi connectivity index (χ0v) is 12.0. The second kappa shape index (κ2) is 6.74. The van der Waals surface area contributed by atoms with Crippen molar-refractivity contribution in [2.24, 2.45) is 0 Å². The summed E-state index contributed by atoms with van der Waals surface area (Å²) in [6.45, 7) is 2.53. The number of ether oxygens (including phenoxy) is 2. The molecule has 0 unspecified atom stereocenters. The van der Waals surface area contributed by atoms with Crippen LogP contribution in [0.1, 0.15) is 22.8 Å². The Kier molecular flexibility index (Phi) is 4.77. The Bertz CT molecular complexity index is 673. The summed E-state index contributed by atoms with van der Waals surface area (Å²) in [7, 11) is 1.47. The number of rotatable bonds is 5. The number of pyridine rings is 1. The predicted molar refractivity (Wildman–Crippen MR) is 78.8 cm³/mol. The van der Waals surface area contributed by atoms with Gasteiger partial charge in [-0.3, -0.25) is 4.79 Å². The van der Waals surface area contributed by atoms with Crippen molar-refractivity contribution in [1.82, 2.24) is 4.57 Å². The molecule has 0 saturated heterocycles. The van der Waals surface area contributed by atoms with Crippen molar-refractivity contribution in [2.75, 3.05) is 13.7 Å². The average Bonchev–Trinajstić information content (AvgIpc) is 2.50. The first kappa shape index (κ1) is 14.8. The van der Waals surface area contributed by atoms with Crippen molar-refractivity contribution in [1.29, 1.82) is 0 Å². The lowest BCUT2D eigenvalue weighted by atomic mass is 10.1. The normalized spacial score (nSPS) is 10.2. The van der Waals surface area contributed by atoms with Gasteiger partial charge in [0.25, 0.3) is 5.56 Å². The molecular weight excluding hydrogens is 270 g/mol. The van der Waals surface area contributed by atoms with Gasteiger partial charge < -0.3 is 14.0 Å². The molecule has 0 saturated carbocycles. The molecular formula is C16H17NO4. The van der Waals surface area contributed by atoms with Crippen molar-refractivity contribution in [2.45, 2.75) is 13.5 Å². The Morgan fingerprint density at radius 3 is 2.52 bits per heavy atom. The van der Waals surface area contributed by atoms with E-state index in [2.05, 4.69) is 0 Å². The Hall–Kier alpha value is -2.56. The minimum Gasteiger partial charge on any atom is -0.491 e. The molecule has 110 valence electrons. The summed E-state index contributed by atoms with van der Waals surface area (Å²) in [4.78, 5) is 23.6. The van der Waals surface area contributed by atoms with Gasteiger partial charge in [-0.15, -0.1) is 0 Å². The van der Waals surface area contributed by atoms with Crippen LogP contribution in [0.25, 0.3) is 0 Å². The molecule has 1 heterocycles. The Morgan fingerprint density at radius 1 is 1.19 bits per heavy atom. The van der Waals surface area contributed by atoms with E-state index >= 15 is 0 Å². The van der Waals surface area contributed by atoms with Crippen LogP contribution in [-0.2, 0) is 11.3 Å². The van der Waals surface area contributed by atoms with E-state index in [0.717, 1.165) is 5.56 Å². The fraction of sp³-hybridized carbons (Fsp3) is 0.250. The van der Waals surface area contributed by atoms with Crippen LogP contribution >= 0.6 is 0 Å². The van der Waals surface area contributed by atoms with Crippen LogP contribution in [0, 0.1) is 0 Å². The van der Waals surface area contributed by atoms with E-state index in [1.165, 1.54) is 7.11 Å². The van der Waals surface area contributed by atoms with Crippen LogP contribution in [0.5, 0.6) is 5.75 Å². The molecule has 0 N–H and O–H groups in total. The van der Waals surface area contributed by atoms with E-state index in [-0.39, 0.29) is 11.5 Å². The summed E-state index contributed by atoms with van der Waals surface area (Å²) in [6, 6.07) is 10.4. The first-order chi connectivity index (χ1) is 10.2. The number of carbonyl (C=O) groups is 1. The molecule has 0 spiro atoms. The largest absolute Gasteiger partial charge is 0.491 e. The van der Waals surface area contributed by atoms with Crippen LogP contribution in [0.3, 0.4) is 0 Å². The molecule has 0 aliphatic heterocycles. The third-order valence-electron chi connectivity index (χ3n) is 3.02. The average molecular weight is 287 g/mol. The molecule has 0 aliphatic rings. The van der Waals surface area contributed by atoms with Gasteiger partial charge in [-0.25, -0.2) is 4.79 Å². The molecule has 5 heteroatoms. The fourth-order valence-electron chi connectivity index (χ4n) is 1.95. The third kappa shape index (κ3) is 3.51. The first-order valence-electron chi connectivity index (χ1n) is 6.65. The molecule has 2 rings (SSSR count). The molecule has 0 radical (unpaired) electrons. The highest BCUT2D eigenvalue weighted by Crippen LogP contribution is 2.08. The maximum atomic E-state index is 12.0. The molecule has 0 fully saturated rings. The maximum absolute atomic E-state index is 12.0. The third-order valence-corrected chi connectivity index (χ3v) is 3.02. The minimum absolute atomic E-state index is 0.186.